The van der Waals surface area contributed by atoms with E-state index in [9.17, 15) is 0 Å². The van der Waals surface area contributed by atoms with E-state index in [1.54, 1.807) is 11.8 Å². The number of hydrogen-bond donors (Lipinski definition) is 0. The van der Waals surface area contributed by atoms with Crippen molar-refractivity contribution in [3.63, 3.8) is 0 Å². The monoisotopic (exact) mass is 159 g/mol. The van der Waals surface area contributed by atoms with Gasteiger partial charge in [0.2, 0.25) is 0 Å². The van der Waals surface area contributed by atoms with Gasteiger partial charge in [-0.2, -0.15) is 0 Å². The van der Waals surface area contributed by atoms with Gasteiger partial charge in [0.25, 0.3) is 0 Å². The lowest BCUT2D eigenvalue weighted by molar-refractivity contribution is 0.189. The molecule has 0 spiro atoms. The number of thioether (sulfide) groups is 1. The van der Waals surface area contributed by atoms with Crippen molar-refractivity contribution in [2.45, 2.75) is 6.92 Å². The minimum absolute atomic E-state index is 0.601. The van der Waals surface area contributed by atoms with E-state index in [2.05, 4.69) is 11.6 Å². The largest absolute Gasteiger partial charge is 0.375 e. The first-order chi connectivity index (χ1) is 4.85. The van der Waals surface area contributed by atoms with E-state index >= 15 is 0 Å². The molecule has 0 saturated carbocycles. The van der Waals surface area contributed by atoms with Crippen LogP contribution in [0.5, 0.6) is 0 Å². The van der Waals surface area contributed by atoms with E-state index in [4.69, 9.17) is 4.74 Å². The Morgan fingerprint density at radius 3 is 2.90 bits per heavy atom. The summed E-state index contributed by atoms with van der Waals surface area (Å²) in [5.74, 6) is 0. The molecule has 0 unspecified atom stereocenters. The Bertz CT molecular complexity index is 123. The second-order valence-electron chi connectivity index (χ2n) is 1.55. The van der Waals surface area contributed by atoms with Crippen molar-refractivity contribution in [3.05, 3.63) is 12.8 Å². The molecule has 0 radical (unpaired) electrons. The summed E-state index contributed by atoms with van der Waals surface area (Å²) >= 11 is 1.59. The van der Waals surface area contributed by atoms with Crippen molar-refractivity contribution in [3.8, 4) is 0 Å². The fraction of sp³-hybridized carbons (Fsp3) is 0.571. The van der Waals surface area contributed by atoms with Crippen LogP contribution in [0.4, 0.5) is 0 Å². The van der Waals surface area contributed by atoms with Gasteiger partial charge in [-0.15, -0.1) is 11.8 Å². The summed E-state index contributed by atoms with van der Waals surface area (Å²) in [7, 11) is 0. The molecular formula is C7H13NOS. The number of hydrogen-bond acceptors (Lipinski definition) is 3. The van der Waals surface area contributed by atoms with Crippen LogP contribution in [0.15, 0.2) is 17.8 Å². The Balaban J connectivity index is 3.59. The van der Waals surface area contributed by atoms with Gasteiger partial charge < -0.3 is 4.74 Å². The molecule has 2 nitrogen and oxygen atoms in total. The van der Waals surface area contributed by atoms with Gasteiger partial charge in [-0.25, -0.2) is 0 Å². The second-order valence-corrected chi connectivity index (χ2v) is 2.43. The lowest BCUT2D eigenvalue weighted by Crippen LogP contribution is -2.03. The first-order valence-corrected chi connectivity index (χ1v) is 4.37. The average Bonchev–Trinajstić information content (AvgIpc) is 1.98. The molecule has 0 bridgehead atoms. The maximum Gasteiger partial charge on any atom is 0.0986 e. The average molecular weight is 159 g/mol. The summed E-state index contributed by atoms with van der Waals surface area (Å²) in [4.78, 5) is 4.00. The van der Waals surface area contributed by atoms with Crippen LogP contribution >= 0.6 is 11.8 Å². The third kappa shape index (κ3) is 4.58. The standard InChI is InChI=1S/C7H13NOS/c1-4-8-7(10-3)6-9-5-2/h4H,1,5-6H2,2-3H3/b8-7-. The zero-order chi connectivity index (χ0) is 7.82. The van der Waals surface area contributed by atoms with Crippen LogP contribution in [0.2, 0.25) is 0 Å². The van der Waals surface area contributed by atoms with Gasteiger partial charge in [0, 0.05) is 12.8 Å². The van der Waals surface area contributed by atoms with Crippen molar-refractivity contribution in [1.82, 2.24) is 0 Å². The molecule has 0 heterocycles. The first-order valence-electron chi connectivity index (χ1n) is 3.14. The van der Waals surface area contributed by atoms with Gasteiger partial charge in [0.1, 0.15) is 0 Å². The molecule has 0 aromatic heterocycles. The molecule has 0 rings (SSSR count). The minimum atomic E-state index is 0.601. The van der Waals surface area contributed by atoms with Crippen molar-refractivity contribution < 1.29 is 4.74 Å². The molecule has 0 aliphatic carbocycles. The van der Waals surface area contributed by atoms with Crippen molar-refractivity contribution in [2.24, 2.45) is 4.99 Å². The van der Waals surface area contributed by atoms with Gasteiger partial charge in [-0.3, -0.25) is 4.99 Å². The van der Waals surface area contributed by atoms with E-state index in [0.29, 0.717) is 6.61 Å². The molecule has 0 aromatic carbocycles. The number of rotatable bonds is 4. The maximum atomic E-state index is 5.14. The highest BCUT2D eigenvalue weighted by Gasteiger charge is 1.93. The van der Waals surface area contributed by atoms with Crippen LogP contribution in [-0.4, -0.2) is 24.5 Å². The van der Waals surface area contributed by atoms with Crippen molar-refractivity contribution in [1.29, 1.82) is 0 Å². The number of nitrogens with zero attached hydrogens (tertiary/aromatic N) is 1. The van der Waals surface area contributed by atoms with E-state index in [1.807, 2.05) is 13.2 Å². The molecule has 0 fully saturated rings. The first kappa shape index (κ1) is 9.72. The zero-order valence-corrected chi connectivity index (χ0v) is 7.28. The minimum Gasteiger partial charge on any atom is -0.375 e. The van der Waals surface area contributed by atoms with Crippen LogP contribution in [0.3, 0.4) is 0 Å². The van der Waals surface area contributed by atoms with E-state index in [0.717, 1.165) is 11.7 Å². The molecule has 58 valence electrons. The predicted octanol–water partition coefficient (Wildman–Crippen LogP) is 1.93. The Morgan fingerprint density at radius 1 is 1.80 bits per heavy atom. The third-order valence-corrected chi connectivity index (χ3v) is 1.60. The Hall–Kier alpha value is -0.280. The highest BCUT2D eigenvalue weighted by atomic mass is 32.2. The Kier molecular flexibility index (Phi) is 6.64. The van der Waals surface area contributed by atoms with Crippen LogP contribution in [-0.2, 0) is 4.74 Å². The highest BCUT2D eigenvalue weighted by molar-refractivity contribution is 8.13. The van der Waals surface area contributed by atoms with Crippen LogP contribution in [0.1, 0.15) is 6.92 Å². The number of ether oxygens (including phenoxy) is 1. The molecule has 0 aliphatic rings. The molecule has 0 N–H and O–H groups in total. The van der Waals surface area contributed by atoms with Gasteiger partial charge in [0.15, 0.2) is 0 Å². The smallest absolute Gasteiger partial charge is 0.0986 e. The van der Waals surface area contributed by atoms with Crippen LogP contribution in [0.25, 0.3) is 0 Å². The Morgan fingerprint density at radius 2 is 2.50 bits per heavy atom. The molecule has 0 atom stereocenters. The molecule has 0 aliphatic heterocycles. The van der Waals surface area contributed by atoms with Crippen LogP contribution in [0, 0.1) is 0 Å². The molecular weight excluding hydrogens is 146 g/mol. The van der Waals surface area contributed by atoms with Gasteiger partial charge in [0.05, 0.1) is 11.7 Å². The molecule has 0 amide bonds. The topological polar surface area (TPSA) is 21.6 Å². The van der Waals surface area contributed by atoms with E-state index in [-0.39, 0.29) is 0 Å². The summed E-state index contributed by atoms with van der Waals surface area (Å²) in [6, 6.07) is 0. The lowest BCUT2D eigenvalue weighted by atomic mass is 10.7. The maximum absolute atomic E-state index is 5.14. The predicted molar refractivity (Wildman–Crippen MR) is 47.6 cm³/mol. The summed E-state index contributed by atoms with van der Waals surface area (Å²) in [6.07, 6.45) is 3.51. The molecule has 0 saturated heterocycles. The Labute approximate surface area is 66.4 Å². The summed E-state index contributed by atoms with van der Waals surface area (Å²) in [6.45, 7) is 6.80. The summed E-state index contributed by atoms with van der Waals surface area (Å²) < 4.78 is 5.14. The second kappa shape index (κ2) is 6.83. The van der Waals surface area contributed by atoms with E-state index < -0.39 is 0 Å². The van der Waals surface area contributed by atoms with Gasteiger partial charge >= 0.3 is 0 Å². The summed E-state index contributed by atoms with van der Waals surface area (Å²) in [5, 5.41) is 0.969. The number of aliphatic imine (C=N–C) groups is 1. The SMILES string of the molecule is C=C/N=C(/COCC)SC. The normalized spacial score (nSPS) is 11.6. The third-order valence-electron chi connectivity index (χ3n) is 0.901. The fourth-order valence-electron chi connectivity index (χ4n) is 0.440. The molecule has 10 heavy (non-hydrogen) atoms. The molecule has 3 heteroatoms. The summed E-state index contributed by atoms with van der Waals surface area (Å²) in [5.41, 5.74) is 0. The van der Waals surface area contributed by atoms with Crippen molar-refractivity contribution >= 4 is 16.8 Å². The van der Waals surface area contributed by atoms with Crippen molar-refractivity contribution in [2.75, 3.05) is 19.5 Å². The highest BCUT2D eigenvalue weighted by Crippen LogP contribution is 1.98. The quantitative estimate of drug-likeness (QED) is 0.462. The zero-order valence-electron chi connectivity index (χ0n) is 6.46. The lowest BCUT2D eigenvalue weighted by Gasteiger charge is -2.00. The van der Waals surface area contributed by atoms with Gasteiger partial charge in [-0.05, 0) is 13.2 Å². The van der Waals surface area contributed by atoms with Crippen LogP contribution < -0.4 is 0 Å². The fourth-order valence-corrected chi connectivity index (χ4v) is 0.821. The van der Waals surface area contributed by atoms with Gasteiger partial charge in [-0.1, -0.05) is 6.58 Å². The molecule has 0 aromatic rings. The van der Waals surface area contributed by atoms with E-state index in [1.165, 1.54) is 6.20 Å².